The Kier molecular flexibility index (Phi) is 3.40. The van der Waals surface area contributed by atoms with Crippen LogP contribution in [0.5, 0.6) is 0 Å². The quantitative estimate of drug-likeness (QED) is 0.446. The maximum Gasteiger partial charge on any atom is 0.302 e. The van der Waals surface area contributed by atoms with E-state index in [1.54, 1.807) is 30.4 Å². The zero-order valence-electron chi connectivity index (χ0n) is 12.8. The van der Waals surface area contributed by atoms with Crippen molar-refractivity contribution in [2.24, 2.45) is 11.8 Å². The molecule has 124 valence electrons. The first-order chi connectivity index (χ1) is 11.4. The predicted octanol–water partition coefficient (Wildman–Crippen LogP) is 1.83. The number of rotatable bonds is 3. The average Bonchev–Trinajstić information content (AvgIpc) is 3.18. The number of hydrogen-bond donors (Lipinski definition) is 0. The fourth-order valence-electron chi connectivity index (χ4n) is 3.75. The number of carbonyl (C=O) groups is 3. The summed E-state index contributed by atoms with van der Waals surface area (Å²) in [6.07, 6.45) is 3.06. The number of fused-ring (bicyclic) bond motifs is 5. The molecule has 3 aliphatic heterocycles. The summed E-state index contributed by atoms with van der Waals surface area (Å²) in [5.41, 5.74) is -0.534. The second-order valence-electron chi connectivity index (χ2n) is 6.14. The number of nitrogens with zero attached hydrogens (tertiary/aromatic N) is 1. The molecule has 2 amide bonds. The smallest absolute Gasteiger partial charge is 0.302 e. The van der Waals surface area contributed by atoms with Crippen LogP contribution in [0.3, 0.4) is 0 Å². The lowest BCUT2D eigenvalue weighted by molar-refractivity contribution is -0.150. The first kappa shape index (κ1) is 15.5. The number of carbonyl (C=O) groups excluding carboxylic acids is 3. The van der Waals surface area contributed by atoms with E-state index in [9.17, 15) is 14.4 Å². The summed E-state index contributed by atoms with van der Waals surface area (Å²) in [7, 11) is 0. The van der Waals surface area contributed by atoms with E-state index in [2.05, 4.69) is 15.9 Å². The standard InChI is InChI=1S/C17H14BrNO5/c1-9(20)23-8-17-7-6-12(24-17)13-14(17)16(22)19(15(13)21)11-5-3-2-4-10(11)18/h2-7,12-14H,8H2,1H3/t12-,13-,14-,17-/m1/s1. The molecule has 0 radical (unpaired) electrons. The van der Waals surface area contributed by atoms with E-state index in [1.807, 2.05) is 6.07 Å². The van der Waals surface area contributed by atoms with Crippen molar-refractivity contribution in [1.82, 2.24) is 0 Å². The van der Waals surface area contributed by atoms with Gasteiger partial charge in [0.15, 0.2) is 0 Å². The minimum atomic E-state index is -1.05. The number of halogens is 1. The molecular weight excluding hydrogens is 378 g/mol. The van der Waals surface area contributed by atoms with Gasteiger partial charge in [-0.05, 0) is 34.1 Å². The summed E-state index contributed by atoms with van der Waals surface area (Å²) in [4.78, 5) is 38.3. The SMILES string of the molecule is CC(=O)OC[C@@]12C=C[C@@H](O1)[C@H]1C(=O)N(c3ccccc3Br)C(=O)[C@@H]12. The molecule has 0 aromatic heterocycles. The van der Waals surface area contributed by atoms with Crippen LogP contribution in [-0.2, 0) is 23.9 Å². The number of amides is 2. The Bertz CT molecular complexity index is 791. The molecule has 0 aliphatic carbocycles. The lowest BCUT2D eigenvalue weighted by atomic mass is 9.77. The van der Waals surface area contributed by atoms with Gasteiger partial charge in [-0.2, -0.15) is 0 Å². The maximum atomic E-state index is 13.0. The highest BCUT2D eigenvalue weighted by molar-refractivity contribution is 9.10. The Hall–Kier alpha value is -1.99. The molecule has 4 atom stereocenters. The number of esters is 1. The molecule has 0 saturated carbocycles. The molecule has 3 heterocycles. The van der Waals surface area contributed by atoms with Crippen molar-refractivity contribution in [2.75, 3.05) is 11.5 Å². The predicted molar refractivity (Wildman–Crippen MR) is 87.0 cm³/mol. The van der Waals surface area contributed by atoms with Crippen molar-refractivity contribution in [2.45, 2.75) is 18.6 Å². The third-order valence-electron chi connectivity index (χ3n) is 4.75. The number of anilines is 1. The fraction of sp³-hybridized carbons (Fsp3) is 0.353. The van der Waals surface area contributed by atoms with Gasteiger partial charge >= 0.3 is 5.97 Å². The molecule has 4 rings (SSSR count). The van der Waals surface area contributed by atoms with Gasteiger partial charge in [-0.3, -0.25) is 14.4 Å². The van der Waals surface area contributed by atoms with E-state index in [1.165, 1.54) is 11.8 Å². The number of imide groups is 1. The first-order valence-corrected chi connectivity index (χ1v) is 8.37. The fourth-order valence-corrected chi connectivity index (χ4v) is 4.21. The van der Waals surface area contributed by atoms with Crippen molar-refractivity contribution in [1.29, 1.82) is 0 Å². The zero-order chi connectivity index (χ0) is 17.1. The van der Waals surface area contributed by atoms with Crippen molar-refractivity contribution in [3.05, 3.63) is 40.9 Å². The van der Waals surface area contributed by atoms with Crippen molar-refractivity contribution in [3.63, 3.8) is 0 Å². The first-order valence-electron chi connectivity index (χ1n) is 7.57. The zero-order valence-corrected chi connectivity index (χ0v) is 14.4. The van der Waals surface area contributed by atoms with E-state index in [0.29, 0.717) is 10.2 Å². The van der Waals surface area contributed by atoms with Crippen LogP contribution < -0.4 is 4.90 Å². The van der Waals surface area contributed by atoms with Crippen LogP contribution in [0, 0.1) is 11.8 Å². The van der Waals surface area contributed by atoms with Gasteiger partial charge < -0.3 is 9.47 Å². The third-order valence-corrected chi connectivity index (χ3v) is 5.42. The van der Waals surface area contributed by atoms with Gasteiger partial charge in [-0.25, -0.2) is 4.90 Å². The molecule has 3 aliphatic rings. The van der Waals surface area contributed by atoms with E-state index in [-0.39, 0.29) is 18.4 Å². The summed E-state index contributed by atoms with van der Waals surface area (Å²) in [6.45, 7) is 1.23. The largest absolute Gasteiger partial charge is 0.462 e. The van der Waals surface area contributed by atoms with Crippen LogP contribution in [0.15, 0.2) is 40.9 Å². The number of ether oxygens (including phenoxy) is 2. The third kappa shape index (κ3) is 2.01. The van der Waals surface area contributed by atoms with Crippen LogP contribution in [0.2, 0.25) is 0 Å². The Morgan fingerprint density at radius 1 is 1.33 bits per heavy atom. The molecule has 7 heteroatoms. The second-order valence-corrected chi connectivity index (χ2v) is 7.00. The highest BCUT2D eigenvalue weighted by Crippen LogP contribution is 2.53. The number of para-hydroxylation sites is 1. The van der Waals surface area contributed by atoms with Gasteiger partial charge in [0.25, 0.3) is 0 Å². The average molecular weight is 392 g/mol. The van der Waals surface area contributed by atoms with Crippen LogP contribution in [0.25, 0.3) is 0 Å². The molecule has 0 N–H and O–H groups in total. The van der Waals surface area contributed by atoms with Crippen molar-refractivity contribution in [3.8, 4) is 0 Å². The normalized spacial score (nSPS) is 33.2. The van der Waals surface area contributed by atoms with Gasteiger partial charge in [0.2, 0.25) is 11.8 Å². The second kappa shape index (κ2) is 5.26. The summed E-state index contributed by atoms with van der Waals surface area (Å²) >= 11 is 3.39. The maximum absolute atomic E-state index is 13.0. The van der Waals surface area contributed by atoms with E-state index < -0.39 is 29.5 Å². The Balaban J connectivity index is 1.72. The molecule has 24 heavy (non-hydrogen) atoms. The minimum absolute atomic E-state index is 0.0701. The number of benzene rings is 1. The van der Waals surface area contributed by atoms with Crippen LogP contribution >= 0.6 is 15.9 Å². The van der Waals surface area contributed by atoms with Gasteiger partial charge in [-0.1, -0.05) is 18.2 Å². The lowest BCUT2D eigenvalue weighted by Gasteiger charge is -2.28. The van der Waals surface area contributed by atoms with E-state index >= 15 is 0 Å². The molecule has 1 aromatic rings. The molecule has 0 spiro atoms. The highest BCUT2D eigenvalue weighted by atomic mass is 79.9. The minimum Gasteiger partial charge on any atom is -0.462 e. The van der Waals surface area contributed by atoms with Crippen molar-refractivity contribution >= 4 is 39.4 Å². The van der Waals surface area contributed by atoms with Gasteiger partial charge in [-0.15, -0.1) is 0 Å². The molecule has 2 fully saturated rings. The van der Waals surface area contributed by atoms with Crippen molar-refractivity contribution < 1.29 is 23.9 Å². The topological polar surface area (TPSA) is 72.9 Å². The van der Waals surface area contributed by atoms with E-state index in [4.69, 9.17) is 9.47 Å². The lowest BCUT2D eigenvalue weighted by Crippen LogP contribution is -2.44. The van der Waals surface area contributed by atoms with Crippen LogP contribution in [0.4, 0.5) is 5.69 Å². The Morgan fingerprint density at radius 3 is 2.79 bits per heavy atom. The van der Waals surface area contributed by atoms with Gasteiger partial charge in [0.1, 0.15) is 12.2 Å². The van der Waals surface area contributed by atoms with E-state index in [0.717, 1.165) is 0 Å². The summed E-state index contributed by atoms with van der Waals surface area (Å²) in [6, 6.07) is 7.08. The molecule has 0 unspecified atom stereocenters. The molecular formula is C17H14BrNO5. The van der Waals surface area contributed by atoms with Gasteiger partial charge in [0.05, 0.1) is 23.6 Å². The summed E-state index contributed by atoms with van der Waals surface area (Å²) < 4.78 is 11.6. The molecule has 2 bridgehead atoms. The van der Waals surface area contributed by atoms with Crippen LogP contribution in [-0.4, -0.2) is 36.1 Å². The Morgan fingerprint density at radius 2 is 2.08 bits per heavy atom. The molecule has 1 aromatic carbocycles. The molecule has 2 saturated heterocycles. The monoisotopic (exact) mass is 391 g/mol. The summed E-state index contributed by atoms with van der Waals surface area (Å²) in [5.74, 6) is -2.31. The van der Waals surface area contributed by atoms with Crippen LogP contribution in [0.1, 0.15) is 6.92 Å². The highest BCUT2D eigenvalue weighted by Gasteiger charge is 2.68. The Labute approximate surface area is 146 Å². The number of hydrogen-bond acceptors (Lipinski definition) is 5. The van der Waals surface area contributed by atoms with Gasteiger partial charge in [0, 0.05) is 11.4 Å². The molecule has 6 nitrogen and oxygen atoms in total. The summed E-state index contributed by atoms with van der Waals surface area (Å²) in [5, 5.41) is 0.